The third kappa shape index (κ3) is 4.43. The Kier molecular flexibility index (Phi) is 5.13. The summed E-state index contributed by atoms with van der Waals surface area (Å²) in [7, 11) is -3.36. The van der Waals surface area contributed by atoms with Crippen LogP contribution in [0.4, 0.5) is 15.8 Å². The minimum absolute atomic E-state index is 0.235. The lowest BCUT2D eigenvalue weighted by Gasteiger charge is -2.16. The summed E-state index contributed by atoms with van der Waals surface area (Å²) in [5.74, 6) is -1.67. The number of carbonyl (C=O) groups is 2. The van der Waals surface area contributed by atoms with Crippen molar-refractivity contribution in [1.29, 1.82) is 0 Å². The van der Waals surface area contributed by atoms with Gasteiger partial charge in [0.2, 0.25) is 10.0 Å². The number of sulfonamides is 1. The van der Waals surface area contributed by atoms with Crippen molar-refractivity contribution in [1.82, 2.24) is 0 Å². The number of halogens is 1. The number of carbonyl (C=O) groups excluding carboxylic acids is 2. The minimum atomic E-state index is -3.36. The van der Waals surface area contributed by atoms with Crippen LogP contribution in [-0.2, 0) is 26.0 Å². The lowest BCUT2D eigenvalue weighted by molar-refractivity contribution is -0.119. The Balaban J connectivity index is 1.60. The quantitative estimate of drug-likeness (QED) is 0.785. The Morgan fingerprint density at radius 2 is 1.89 bits per heavy atom. The Morgan fingerprint density at radius 3 is 2.56 bits per heavy atom. The first-order valence-corrected chi connectivity index (χ1v) is 9.92. The average Bonchev–Trinajstić information content (AvgIpc) is 3.05. The molecular weight excluding hydrogens is 375 g/mol. The van der Waals surface area contributed by atoms with Crippen molar-refractivity contribution in [3.63, 3.8) is 0 Å². The van der Waals surface area contributed by atoms with Crippen LogP contribution >= 0.6 is 0 Å². The molecule has 0 bridgehead atoms. The SMILES string of the molecule is CS(=O)(=O)N1CCc2cc(C(=O)OCC(=O)Nc3ccc(F)cc3)ccc21. The van der Waals surface area contributed by atoms with Crippen molar-refractivity contribution in [3.05, 3.63) is 59.4 Å². The molecule has 1 amide bonds. The van der Waals surface area contributed by atoms with Gasteiger partial charge in [0.15, 0.2) is 6.61 Å². The number of nitrogens with zero attached hydrogens (tertiary/aromatic N) is 1. The van der Waals surface area contributed by atoms with Crippen molar-refractivity contribution < 1.29 is 27.1 Å². The number of esters is 1. The van der Waals surface area contributed by atoms with Crippen molar-refractivity contribution in [2.45, 2.75) is 6.42 Å². The van der Waals surface area contributed by atoms with E-state index in [1.165, 1.54) is 34.6 Å². The molecule has 3 rings (SSSR count). The van der Waals surface area contributed by atoms with Gasteiger partial charge in [0.1, 0.15) is 5.82 Å². The van der Waals surface area contributed by atoms with Crippen molar-refractivity contribution in [3.8, 4) is 0 Å². The van der Waals surface area contributed by atoms with E-state index < -0.39 is 34.3 Å². The number of hydrogen-bond acceptors (Lipinski definition) is 5. The van der Waals surface area contributed by atoms with E-state index in [0.29, 0.717) is 24.3 Å². The van der Waals surface area contributed by atoms with Crippen LogP contribution < -0.4 is 9.62 Å². The number of fused-ring (bicyclic) bond motifs is 1. The molecule has 1 N–H and O–H groups in total. The van der Waals surface area contributed by atoms with Crippen LogP contribution in [-0.4, -0.2) is 39.7 Å². The fourth-order valence-electron chi connectivity index (χ4n) is 2.79. The summed E-state index contributed by atoms with van der Waals surface area (Å²) in [6, 6.07) is 9.77. The van der Waals surface area contributed by atoms with E-state index in [-0.39, 0.29) is 5.56 Å². The molecule has 0 aromatic heterocycles. The van der Waals surface area contributed by atoms with Crippen molar-refractivity contribution in [2.24, 2.45) is 0 Å². The summed E-state index contributed by atoms with van der Waals surface area (Å²) in [5, 5.41) is 2.48. The van der Waals surface area contributed by atoms with Gasteiger partial charge in [0.05, 0.1) is 17.5 Å². The first-order chi connectivity index (χ1) is 12.7. The Labute approximate surface area is 155 Å². The van der Waals surface area contributed by atoms with Gasteiger partial charge in [-0.25, -0.2) is 17.6 Å². The van der Waals surface area contributed by atoms with Gasteiger partial charge in [-0.05, 0) is 54.4 Å². The first kappa shape index (κ1) is 18.8. The van der Waals surface area contributed by atoms with E-state index >= 15 is 0 Å². The molecule has 1 aliphatic heterocycles. The molecule has 27 heavy (non-hydrogen) atoms. The third-order valence-electron chi connectivity index (χ3n) is 4.03. The summed E-state index contributed by atoms with van der Waals surface area (Å²) in [6.07, 6.45) is 1.62. The monoisotopic (exact) mass is 392 g/mol. The molecule has 0 radical (unpaired) electrons. The molecule has 0 fully saturated rings. The molecule has 1 heterocycles. The van der Waals surface area contributed by atoms with E-state index in [4.69, 9.17) is 4.74 Å². The molecule has 142 valence electrons. The second-order valence-electron chi connectivity index (χ2n) is 6.06. The molecule has 0 spiro atoms. The molecule has 9 heteroatoms. The van der Waals surface area contributed by atoms with Crippen LogP contribution in [0, 0.1) is 5.82 Å². The predicted octanol–water partition coefficient (Wildman–Crippen LogP) is 1.94. The van der Waals surface area contributed by atoms with Gasteiger partial charge in [-0.1, -0.05) is 0 Å². The van der Waals surface area contributed by atoms with Crippen LogP contribution in [0.25, 0.3) is 0 Å². The van der Waals surface area contributed by atoms with Gasteiger partial charge in [0, 0.05) is 12.2 Å². The van der Waals surface area contributed by atoms with Crippen LogP contribution in [0.1, 0.15) is 15.9 Å². The lowest BCUT2D eigenvalue weighted by atomic mass is 10.1. The molecular formula is C18H17FN2O5S. The van der Waals surface area contributed by atoms with Gasteiger partial charge >= 0.3 is 5.97 Å². The van der Waals surface area contributed by atoms with Crippen LogP contribution in [0.5, 0.6) is 0 Å². The summed E-state index contributed by atoms with van der Waals surface area (Å²) in [6.45, 7) is -0.171. The molecule has 2 aromatic rings. The number of anilines is 2. The summed E-state index contributed by atoms with van der Waals surface area (Å²) in [5.41, 5.74) is 1.89. The van der Waals surface area contributed by atoms with E-state index in [9.17, 15) is 22.4 Å². The van der Waals surface area contributed by atoms with Crippen LogP contribution in [0.15, 0.2) is 42.5 Å². The molecule has 0 aliphatic carbocycles. The van der Waals surface area contributed by atoms with Gasteiger partial charge in [-0.15, -0.1) is 0 Å². The summed E-state index contributed by atoms with van der Waals surface area (Å²) < 4.78 is 42.6. The number of benzene rings is 2. The van der Waals surface area contributed by atoms with Crippen LogP contribution in [0.2, 0.25) is 0 Å². The lowest BCUT2D eigenvalue weighted by Crippen LogP contribution is -2.27. The Hall–Kier alpha value is -2.94. The van der Waals surface area contributed by atoms with Gasteiger partial charge < -0.3 is 10.1 Å². The second-order valence-corrected chi connectivity index (χ2v) is 7.97. The zero-order chi connectivity index (χ0) is 19.6. The van der Waals surface area contributed by atoms with E-state index in [2.05, 4.69) is 5.32 Å². The minimum Gasteiger partial charge on any atom is -0.452 e. The number of amides is 1. The Bertz CT molecular complexity index is 989. The number of rotatable bonds is 5. The molecule has 0 saturated carbocycles. The number of hydrogen-bond donors (Lipinski definition) is 1. The highest BCUT2D eigenvalue weighted by molar-refractivity contribution is 7.92. The maximum absolute atomic E-state index is 12.8. The highest BCUT2D eigenvalue weighted by atomic mass is 32.2. The van der Waals surface area contributed by atoms with Gasteiger partial charge in [0.25, 0.3) is 5.91 Å². The van der Waals surface area contributed by atoms with Gasteiger partial charge in [-0.3, -0.25) is 9.10 Å². The maximum Gasteiger partial charge on any atom is 0.338 e. The zero-order valence-corrected chi connectivity index (χ0v) is 15.3. The van der Waals surface area contributed by atoms with E-state index in [0.717, 1.165) is 11.8 Å². The second kappa shape index (κ2) is 7.36. The molecule has 7 nitrogen and oxygen atoms in total. The molecule has 1 aliphatic rings. The largest absolute Gasteiger partial charge is 0.452 e. The van der Waals surface area contributed by atoms with Gasteiger partial charge in [-0.2, -0.15) is 0 Å². The highest BCUT2D eigenvalue weighted by Gasteiger charge is 2.27. The molecule has 0 unspecified atom stereocenters. The normalized spacial score (nSPS) is 13.2. The molecule has 0 saturated heterocycles. The van der Waals surface area contributed by atoms with Crippen molar-refractivity contribution in [2.75, 3.05) is 29.0 Å². The average molecular weight is 392 g/mol. The fourth-order valence-corrected chi connectivity index (χ4v) is 3.75. The van der Waals surface area contributed by atoms with Crippen LogP contribution in [0.3, 0.4) is 0 Å². The zero-order valence-electron chi connectivity index (χ0n) is 14.4. The fraction of sp³-hybridized carbons (Fsp3) is 0.222. The predicted molar refractivity (Wildman–Crippen MR) is 97.6 cm³/mol. The molecule has 2 aromatic carbocycles. The first-order valence-electron chi connectivity index (χ1n) is 8.07. The van der Waals surface area contributed by atoms with Crippen molar-refractivity contribution >= 4 is 33.3 Å². The number of ether oxygens (including phenoxy) is 1. The topological polar surface area (TPSA) is 92.8 Å². The summed E-state index contributed by atoms with van der Waals surface area (Å²) in [4.78, 5) is 24.0. The standard InChI is InChI=1S/C18H17FN2O5S/c1-27(24,25)21-9-8-12-10-13(2-7-16(12)21)18(23)26-11-17(22)20-15-5-3-14(19)4-6-15/h2-7,10H,8-9,11H2,1H3,(H,20,22). The van der Waals surface area contributed by atoms with E-state index in [1.807, 2.05) is 0 Å². The maximum atomic E-state index is 12.8. The third-order valence-corrected chi connectivity index (χ3v) is 5.21. The summed E-state index contributed by atoms with van der Waals surface area (Å²) >= 11 is 0. The smallest absolute Gasteiger partial charge is 0.338 e. The Morgan fingerprint density at radius 1 is 1.19 bits per heavy atom. The highest BCUT2D eigenvalue weighted by Crippen LogP contribution is 2.30. The number of nitrogens with one attached hydrogen (secondary N) is 1. The molecule has 0 atom stereocenters. The van der Waals surface area contributed by atoms with E-state index in [1.54, 1.807) is 12.1 Å².